The second-order valence-electron chi connectivity index (χ2n) is 4.89. The van der Waals surface area contributed by atoms with Crippen molar-refractivity contribution in [1.29, 1.82) is 0 Å². The van der Waals surface area contributed by atoms with Crippen molar-refractivity contribution in [2.45, 2.75) is 19.4 Å². The molecule has 5 heteroatoms. The molecule has 0 atom stereocenters. The molecule has 0 spiro atoms. The van der Waals surface area contributed by atoms with E-state index in [9.17, 15) is 5.11 Å². The number of oxazole rings is 1. The van der Waals surface area contributed by atoms with Crippen LogP contribution >= 0.6 is 0 Å². The van der Waals surface area contributed by atoms with E-state index in [4.69, 9.17) is 10.2 Å². The van der Waals surface area contributed by atoms with Crippen LogP contribution in [0.4, 0.5) is 11.7 Å². The molecule has 92 valence electrons. The van der Waals surface area contributed by atoms with Crippen LogP contribution < -0.4 is 10.6 Å². The van der Waals surface area contributed by atoms with Gasteiger partial charge in [-0.05, 0) is 32.0 Å². The number of rotatable bonds is 3. The number of hydrogen-bond acceptors (Lipinski definition) is 5. The average molecular weight is 235 g/mol. The monoisotopic (exact) mass is 235 g/mol. The highest BCUT2D eigenvalue weighted by Crippen LogP contribution is 2.23. The summed E-state index contributed by atoms with van der Waals surface area (Å²) < 4.78 is 5.58. The maximum atomic E-state index is 9.74. The van der Waals surface area contributed by atoms with Gasteiger partial charge in [-0.2, -0.15) is 4.98 Å². The molecule has 0 saturated heterocycles. The van der Waals surface area contributed by atoms with Crippen LogP contribution in [0.5, 0.6) is 0 Å². The number of likely N-dealkylation sites (N-methyl/N-ethyl adjacent to an activating group) is 1. The SMILES string of the molecule is CN(CC(C)(C)O)c1nc2cc(N)ccc2o1. The Morgan fingerprint density at radius 2 is 2.18 bits per heavy atom. The lowest BCUT2D eigenvalue weighted by Crippen LogP contribution is -2.36. The molecule has 0 aliphatic rings. The van der Waals surface area contributed by atoms with Gasteiger partial charge >= 0.3 is 0 Å². The average Bonchev–Trinajstić information content (AvgIpc) is 2.57. The van der Waals surface area contributed by atoms with Gasteiger partial charge in [-0.3, -0.25) is 0 Å². The van der Waals surface area contributed by atoms with Crippen molar-refractivity contribution < 1.29 is 9.52 Å². The molecular weight excluding hydrogens is 218 g/mol. The molecule has 1 aromatic carbocycles. The van der Waals surface area contributed by atoms with Gasteiger partial charge in [0.05, 0.1) is 12.1 Å². The van der Waals surface area contributed by atoms with E-state index in [2.05, 4.69) is 4.98 Å². The third kappa shape index (κ3) is 2.68. The maximum Gasteiger partial charge on any atom is 0.298 e. The van der Waals surface area contributed by atoms with Crippen LogP contribution in [0.15, 0.2) is 22.6 Å². The number of nitrogens with two attached hydrogens (primary N) is 1. The number of fused-ring (bicyclic) bond motifs is 1. The number of aromatic nitrogens is 1. The molecule has 1 aromatic heterocycles. The summed E-state index contributed by atoms with van der Waals surface area (Å²) in [6.07, 6.45) is 0. The molecule has 0 radical (unpaired) electrons. The van der Waals surface area contributed by atoms with Crippen molar-refractivity contribution in [2.24, 2.45) is 0 Å². The highest BCUT2D eigenvalue weighted by molar-refractivity contribution is 5.78. The molecule has 1 heterocycles. The second-order valence-corrected chi connectivity index (χ2v) is 4.89. The number of nitrogens with zero attached hydrogens (tertiary/aromatic N) is 2. The van der Waals surface area contributed by atoms with Gasteiger partial charge in [0.25, 0.3) is 6.01 Å². The van der Waals surface area contributed by atoms with Gasteiger partial charge in [0.15, 0.2) is 5.58 Å². The lowest BCUT2D eigenvalue weighted by molar-refractivity contribution is 0.0876. The molecule has 0 amide bonds. The fourth-order valence-corrected chi connectivity index (χ4v) is 1.74. The predicted molar refractivity (Wildman–Crippen MR) is 68.0 cm³/mol. The first-order valence-corrected chi connectivity index (χ1v) is 5.45. The Morgan fingerprint density at radius 1 is 1.47 bits per heavy atom. The van der Waals surface area contributed by atoms with Crippen molar-refractivity contribution in [3.63, 3.8) is 0 Å². The summed E-state index contributed by atoms with van der Waals surface area (Å²) in [6, 6.07) is 5.81. The van der Waals surface area contributed by atoms with E-state index in [0.717, 1.165) is 5.52 Å². The third-order valence-electron chi connectivity index (χ3n) is 2.35. The summed E-state index contributed by atoms with van der Waals surface area (Å²) in [5.74, 6) is 0. The summed E-state index contributed by atoms with van der Waals surface area (Å²) in [5.41, 5.74) is 6.95. The highest BCUT2D eigenvalue weighted by Gasteiger charge is 2.19. The Hall–Kier alpha value is -1.75. The number of aliphatic hydroxyl groups is 1. The van der Waals surface area contributed by atoms with Crippen LogP contribution in [0.25, 0.3) is 11.1 Å². The molecule has 0 fully saturated rings. The van der Waals surface area contributed by atoms with Gasteiger partial charge in [0.1, 0.15) is 5.52 Å². The van der Waals surface area contributed by atoms with Gasteiger partial charge in [0, 0.05) is 12.7 Å². The molecule has 5 nitrogen and oxygen atoms in total. The number of anilines is 2. The Balaban J connectivity index is 2.30. The second kappa shape index (κ2) is 3.92. The Bertz CT molecular complexity index is 528. The zero-order valence-corrected chi connectivity index (χ0v) is 10.3. The summed E-state index contributed by atoms with van der Waals surface area (Å²) in [7, 11) is 1.83. The van der Waals surface area contributed by atoms with E-state index in [1.54, 1.807) is 36.9 Å². The van der Waals surface area contributed by atoms with Crippen molar-refractivity contribution in [1.82, 2.24) is 4.98 Å². The van der Waals surface area contributed by atoms with Crippen LogP contribution in [0, 0.1) is 0 Å². The first-order chi connectivity index (χ1) is 7.85. The molecule has 0 unspecified atom stereocenters. The lowest BCUT2D eigenvalue weighted by Gasteiger charge is -2.23. The molecule has 17 heavy (non-hydrogen) atoms. The van der Waals surface area contributed by atoms with E-state index in [0.29, 0.717) is 23.8 Å². The van der Waals surface area contributed by atoms with E-state index in [1.165, 1.54) is 0 Å². The topological polar surface area (TPSA) is 75.5 Å². The Kier molecular flexibility index (Phi) is 2.71. The summed E-state index contributed by atoms with van der Waals surface area (Å²) in [4.78, 5) is 6.10. The van der Waals surface area contributed by atoms with Crippen LogP contribution in [0.3, 0.4) is 0 Å². The summed E-state index contributed by atoms with van der Waals surface area (Å²) in [6.45, 7) is 3.92. The molecule has 0 aliphatic carbocycles. The molecular formula is C12H17N3O2. The van der Waals surface area contributed by atoms with Crippen molar-refractivity contribution in [3.05, 3.63) is 18.2 Å². The quantitative estimate of drug-likeness (QED) is 0.791. The molecule has 0 aliphatic heterocycles. The molecule has 2 aromatic rings. The maximum absolute atomic E-state index is 9.74. The van der Waals surface area contributed by atoms with Crippen molar-refractivity contribution >= 4 is 22.8 Å². The fourth-order valence-electron chi connectivity index (χ4n) is 1.74. The van der Waals surface area contributed by atoms with Crippen LogP contribution in [-0.4, -0.2) is 29.3 Å². The predicted octanol–water partition coefficient (Wildman–Crippen LogP) is 1.62. The normalized spacial score (nSPS) is 12.0. The number of hydrogen-bond donors (Lipinski definition) is 2. The summed E-state index contributed by atoms with van der Waals surface area (Å²) in [5, 5.41) is 9.74. The van der Waals surface area contributed by atoms with Gasteiger partial charge in [-0.25, -0.2) is 0 Å². The van der Waals surface area contributed by atoms with Crippen molar-refractivity contribution in [3.8, 4) is 0 Å². The van der Waals surface area contributed by atoms with Gasteiger partial charge in [-0.15, -0.1) is 0 Å². The van der Waals surface area contributed by atoms with Crippen LogP contribution in [0.2, 0.25) is 0 Å². The van der Waals surface area contributed by atoms with E-state index in [1.807, 2.05) is 7.05 Å². The van der Waals surface area contributed by atoms with Crippen LogP contribution in [0.1, 0.15) is 13.8 Å². The van der Waals surface area contributed by atoms with Gasteiger partial charge in [0.2, 0.25) is 0 Å². The first-order valence-electron chi connectivity index (χ1n) is 5.45. The minimum atomic E-state index is -0.797. The standard InChI is InChI=1S/C12H17N3O2/c1-12(2,16)7-15(3)11-14-9-6-8(13)4-5-10(9)17-11/h4-6,16H,7,13H2,1-3H3. The molecule has 3 N–H and O–H groups in total. The van der Waals surface area contributed by atoms with Crippen LogP contribution in [-0.2, 0) is 0 Å². The Labute approximate surface area is 99.8 Å². The van der Waals surface area contributed by atoms with E-state index >= 15 is 0 Å². The van der Waals surface area contributed by atoms with E-state index < -0.39 is 5.60 Å². The highest BCUT2D eigenvalue weighted by atomic mass is 16.4. The molecule has 0 saturated carbocycles. The van der Waals surface area contributed by atoms with Gasteiger partial charge in [-0.1, -0.05) is 0 Å². The fraction of sp³-hybridized carbons (Fsp3) is 0.417. The lowest BCUT2D eigenvalue weighted by atomic mass is 10.1. The summed E-state index contributed by atoms with van der Waals surface area (Å²) >= 11 is 0. The first kappa shape index (κ1) is 11.7. The minimum Gasteiger partial charge on any atom is -0.423 e. The van der Waals surface area contributed by atoms with E-state index in [-0.39, 0.29) is 0 Å². The molecule has 2 rings (SSSR count). The zero-order chi connectivity index (χ0) is 12.6. The number of benzene rings is 1. The largest absolute Gasteiger partial charge is 0.423 e. The third-order valence-corrected chi connectivity index (χ3v) is 2.35. The van der Waals surface area contributed by atoms with Crippen molar-refractivity contribution in [2.75, 3.05) is 24.2 Å². The smallest absolute Gasteiger partial charge is 0.298 e. The molecule has 0 bridgehead atoms. The van der Waals surface area contributed by atoms with Gasteiger partial charge < -0.3 is 20.2 Å². The Morgan fingerprint density at radius 3 is 2.82 bits per heavy atom. The number of nitrogen functional groups attached to an aromatic ring is 1. The zero-order valence-electron chi connectivity index (χ0n) is 10.3. The minimum absolute atomic E-state index is 0.440.